The summed E-state index contributed by atoms with van der Waals surface area (Å²) in [5.41, 5.74) is 4.20. The number of amides is 1. The Hall–Kier alpha value is -3.23. The third-order valence-electron chi connectivity index (χ3n) is 6.32. The fraction of sp³-hybridized carbons (Fsp3) is 0.308. The molecule has 1 atom stereocenters. The Morgan fingerprint density at radius 1 is 1.06 bits per heavy atom. The molecule has 3 aromatic heterocycles. The van der Waals surface area contributed by atoms with Gasteiger partial charge in [-0.15, -0.1) is 11.3 Å². The van der Waals surface area contributed by atoms with Gasteiger partial charge in [-0.2, -0.15) is 0 Å². The van der Waals surface area contributed by atoms with Crippen LogP contribution < -0.4 is 10.5 Å². The van der Waals surface area contributed by atoms with E-state index < -0.39 is 6.04 Å². The van der Waals surface area contributed by atoms with Gasteiger partial charge >= 0.3 is 0 Å². The third kappa shape index (κ3) is 3.72. The van der Waals surface area contributed by atoms with Crippen molar-refractivity contribution in [1.82, 2.24) is 19.1 Å². The summed E-state index contributed by atoms with van der Waals surface area (Å²) in [6.07, 6.45) is 1.71. The van der Waals surface area contributed by atoms with Crippen molar-refractivity contribution in [2.24, 2.45) is 7.05 Å². The van der Waals surface area contributed by atoms with E-state index in [9.17, 15) is 9.59 Å². The van der Waals surface area contributed by atoms with Gasteiger partial charge in [0.15, 0.2) is 11.5 Å². The first-order valence-corrected chi connectivity index (χ1v) is 12.6. The van der Waals surface area contributed by atoms with Gasteiger partial charge in [-0.25, -0.2) is 9.97 Å². The zero-order valence-corrected chi connectivity index (χ0v) is 22.0. The van der Waals surface area contributed by atoms with Gasteiger partial charge in [-0.1, -0.05) is 23.7 Å². The van der Waals surface area contributed by atoms with Crippen LogP contribution in [0.2, 0.25) is 5.02 Å². The van der Waals surface area contributed by atoms with Crippen LogP contribution in [-0.2, 0) is 7.05 Å². The lowest BCUT2D eigenvalue weighted by Gasteiger charge is -2.28. The Kier molecular flexibility index (Phi) is 5.68. The van der Waals surface area contributed by atoms with Crippen LogP contribution in [0.1, 0.15) is 63.9 Å². The number of pyridine rings is 1. The molecule has 1 amide bonds. The van der Waals surface area contributed by atoms with Crippen LogP contribution in [0.5, 0.6) is 0 Å². The zero-order chi connectivity index (χ0) is 25.2. The number of benzene rings is 1. The number of aryl methyl sites for hydroxylation is 4. The molecule has 0 bridgehead atoms. The summed E-state index contributed by atoms with van der Waals surface area (Å²) < 4.78 is 3.67. The van der Waals surface area contributed by atoms with Gasteiger partial charge in [0, 0.05) is 29.9 Å². The summed E-state index contributed by atoms with van der Waals surface area (Å²) in [6, 6.07) is 8.94. The van der Waals surface area contributed by atoms with Crippen molar-refractivity contribution in [1.29, 1.82) is 0 Å². The molecule has 1 aliphatic rings. The zero-order valence-electron chi connectivity index (χ0n) is 20.5. The van der Waals surface area contributed by atoms with E-state index in [0.29, 0.717) is 22.0 Å². The van der Waals surface area contributed by atoms with Crippen molar-refractivity contribution >= 4 is 34.5 Å². The first-order chi connectivity index (χ1) is 16.6. The largest absolute Gasteiger partial charge is 0.322 e. The second kappa shape index (κ2) is 8.46. The average Bonchev–Trinajstić information content (AvgIpc) is 3.42. The smallest absolute Gasteiger partial charge is 0.279 e. The summed E-state index contributed by atoms with van der Waals surface area (Å²) in [7, 11) is 1.70. The maximum atomic E-state index is 14.0. The molecule has 7 nitrogen and oxygen atoms in total. The van der Waals surface area contributed by atoms with Crippen LogP contribution in [0.15, 0.2) is 41.3 Å². The maximum absolute atomic E-state index is 14.0. The van der Waals surface area contributed by atoms with E-state index in [4.69, 9.17) is 16.6 Å². The lowest BCUT2D eigenvalue weighted by molar-refractivity contribution is 0.0989. The Morgan fingerprint density at radius 2 is 1.74 bits per heavy atom. The number of fused-ring (bicyclic) bond motifs is 1. The molecule has 0 aliphatic carbocycles. The Balaban J connectivity index is 1.80. The molecule has 4 heterocycles. The fourth-order valence-electron chi connectivity index (χ4n) is 4.85. The molecule has 4 aromatic rings. The van der Waals surface area contributed by atoms with Crippen LogP contribution in [-0.4, -0.2) is 25.0 Å². The number of nitrogens with zero attached hydrogens (tertiary/aromatic N) is 5. The van der Waals surface area contributed by atoms with Crippen molar-refractivity contribution in [2.75, 3.05) is 4.90 Å². The molecular formula is C26H26ClN5O2S. The molecule has 0 N–H and O–H groups in total. The van der Waals surface area contributed by atoms with Crippen molar-refractivity contribution < 1.29 is 4.79 Å². The first kappa shape index (κ1) is 23.5. The summed E-state index contributed by atoms with van der Waals surface area (Å²) in [4.78, 5) is 38.6. The number of anilines is 1. The van der Waals surface area contributed by atoms with Crippen molar-refractivity contribution in [2.45, 2.75) is 46.7 Å². The maximum Gasteiger partial charge on any atom is 0.279 e. The molecule has 180 valence electrons. The standard InChI is InChI=1S/C26H26ClN5O2S/c1-13(2)31-22-20(29-24(31)23-15(4)28-16(5)35-23)26(34)32(19-11-14(3)25(33)30(6)12-19)21(22)17-7-9-18(27)10-8-17/h7-13,21H,1-6H3. The Bertz CT molecular complexity index is 1500. The Labute approximate surface area is 212 Å². The number of hydrogen-bond donors (Lipinski definition) is 0. The number of carbonyl (C=O) groups is 1. The number of rotatable bonds is 4. The van der Waals surface area contributed by atoms with Crippen LogP contribution in [0.3, 0.4) is 0 Å². The predicted molar refractivity (Wildman–Crippen MR) is 140 cm³/mol. The van der Waals surface area contributed by atoms with Crippen LogP contribution in [0, 0.1) is 20.8 Å². The number of thiazole rings is 1. The van der Waals surface area contributed by atoms with Crippen molar-refractivity contribution in [3.05, 3.63) is 85.1 Å². The second-order valence-electron chi connectivity index (χ2n) is 9.21. The van der Waals surface area contributed by atoms with E-state index in [1.54, 1.807) is 42.5 Å². The number of imidazole rings is 1. The molecule has 0 radical (unpaired) electrons. The van der Waals surface area contributed by atoms with E-state index in [0.717, 1.165) is 32.7 Å². The summed E-state index contributed by atoms with van der Waals surface area (Å²) >= 11 is 7.79. The third-order valence-corrected chi connectivity index (χ3v) is 7.64. The monoisotopic (exact) mass is 507 g/mol. The predicted octanol–water partition coefficient (Wildman–Crippen LogP) is 5.61. The molecule has 0 saturated heterocycles. The number of aromatic nitrogens is 4. The number of hydrogen-bond acceptors (Lipinski definition) is 5. The minimum Gasteiger partial charge on any atom is -0.322 e. The van der Waals surface area contributed by atoms with Gasteiger partial charge in [0.2, 0.25) is 0 Å². The summed E-state index contributed by atoms with van der Waals surface area (Å²) in [6.45, 7) is 9.90. The highest BCUT2D eigenvalue weighted by Crippen LogP contribution is 2.45. The molecule has 0 fully saturated rings. The molecule has 1 aliphatic heterocycles. The summed E-state index contributed by atoms with van der Waals surface area (Å²) in [5.74, 6) is 0.564. The second-order valence-corrected chi connectivity index (χ2v) is 10.8. The van der Waals surface area contributed by atoms with Crippen molar-refractivity contribution in [3.8, 4) is 10.7 Å². The summed E-state index contributed by atoms with van der Waals surface area (Å²) in [5, 5.41) is 1.58. The van der Waals surface area contributed by atoms with Gasteiger partial charge in [-0.3, -0.25) is 14.5 Å². The van der Waals surface area contributed by atoms with Crippen LogP contribution in [0.4, 0.5) is 5.69 Å². The molecule has 0 saturated carbocycles. The van der Waals surface area contributed by atoms with E-state index in [2.05, 4.69) is 23.4 Å². The lowest BCUT2D eigenvalue weighted by atomic mass is 10.0. The highest BCUT2D eigenvalue weighted by atomic mass is 35.5. The van der Waals surface area contributed by atoms with E-state index in [1.165, 1.54) is 4.57 Å². The van der Waals surface area contributed by atoms with E-state index in [-0.39, 0.29) is 17.5 Å². The fourth-order valence-corrected chi connectivity index (χ4v) is 5.88. The molecule has 0 spiro atoms. The van der Waals surface area contributed by atoms with E-state index in [1.807, 2.05) is 38.1 Å². The topological polar surface area (TPSA) is 73.0 Å². The van der Waals surface area contributed by atoms with E-state index >= 15 is 0 Å². The van der Waals surface area contributed by atoms with Gasteiger partial charge in [0.05, 0.1) is 27.0 Å². The highest BCUT2D eigenvalue weighted by molar-refractivity contribution is 7.15. The number of halogens is 1. The van der Waals surface area contributed by atoms with Crippen LogP contribution in [0.25, 0.3) is 10.7 Å². The van der Waals surface area contributed by atoms with Gasteiger partial charge in [0.25, 0.3) is 11.5 Å². The molecule has 9 heteroatoms. The molecular weight excluding hydrogens is 482 g/mol. The molecule has 1 aromatic carbocycles. The molecule has 1 unspecified atom stereocenters. The molecule has 35 heavy (non-hydrogen) atoms. The minimum absolute atomic E-state index is 0.0486. The normalized spacial score (nSPS) is 15.4. The van der Waals surface area contributed by atoms with Gasteiger partial charge < -0.3 is 9.13 Å². The van der Waals surface area contributed by atoms with Gasteiger partial charge in [-0.05, 0) is 58.4 Å². The van der Waals surface area contributed by atoms with Crippen molar-refractivity contribution in [3.63, 3.8) is 0 Å². The SMILES string of the molecule is Cc1nc(C)c(-c2nc3c(n2C(C)C)C(c2ccc(Cl)cc2)N(c2cc(C)c(=O)n(C)c2)C3=O)s1. The highest BCUT2D eigenvalue weighted by Gasteiger charge is 2.45. The van der Waals surface area contributed by atoms with Gasteiger partial charge in [0.1, 0.15) is 6.04 Å². The Morgan fingerprint density at radius 3 is 2.31 bits per heavy atom. The lowest BCUT2D eigenvalue weighted by Crippen LogP contribution is -2.32. The van der Waals surface area contributed by atoms with Crippen LogP contribution >= 0.6 is 22.9 Å². The number of carbonyl (C=O) groups excluding carboxylic acids is 1. The quantitative estimate of drug-likeness (QED) is 0.359. The minimum atomic E-state index is -0.426. The first-order valence-electron chi connectivity index (χ1n) is 11.4. The molecule has 5 rings (SSSR count). The average molecular weight is 508 g/mol.